The molecule has 1 aromatic heterocycles. The highest BCUT2D eigenvalue weighted by Crippen LogP contribution is 2.20. The molecule has 2 heterocycles. The zero-order valence-corrected chi connectivity index (χ0v) is 11.7. The smallest absolute Gasteiger partial charge is 0.0727 e. The molecule has 0 aromatic carbocycles. The molecule has 0 bridgehead atoms. The minimum absolute atomic E-state index is 0.288. The molecule has 0 spiro atoms. The largest absolute Gasteiger partial charge is 0.309 e. The van der Waals surface area contributed by atoms with Gasteiger partial charge in [0.15, 0.2) is 0 Å². The van der Waals surface area contributed by atoms with E-state index in [-0.39, 0.29) is 5.54 Å². The summed E-state index contributed by atoms with van der Waals surface area (Å²) in [5, 5.41) is 3.68. The van der Waals surface area contributed by atoms with Gasteiger partial charge in [0.2, 0.25) is 0 Å². The van der Waals surface area contributed by atoms with E-state index < -0.39 is 0 Å². The van der Waals surface area contributed by atoms with Crippen molar-refractivity contribution in [2.24, 2.45) is 0 Å². The maximum atomic E-state index is 4.45. The molecule has 0 atom stereocenters. The summed E-state index contributed by atoms with van der Waals surface area (Å²) in [5.74, 6) is 0. The Morgan fingerprint density at radius 3 is 2.67 bits per heavy atom. The first kappa shape index (κ1) is 13.4. The topological polar surface area (TPSA) is 41.1 Å². The van der Waals surface area contributed by atoms with Gasteiger partial charge in [-0.05, 0) is 19.8 Å². The van der Waals surface area contributed by atoms with Crippen LogP contribution in [0.4, 0.5) is 0 Å². The molecule has 0 aliphatic carbocycles. The van der Waals surface area contributed by atoms with Crippen molar-refractivity contribution in [1.82, 2.24) is 20.2 Å². The summed E-state index contributed by atoms with van der Waals surface area (Å²) in [4.78, 5) is 11.3. The van der Waals surface area contributed by atoms with Crippen molar-refractivity contribution < 1.29 is 0 Å². The first-order chi connectivity index (χ1) is 8.67. The summed E-state index contributed by atoms with van der Waals surface area (Å²) in [6.45, 7) is 10.7. The van der Waals surface area contributed by atoms with E-state index in [9.17, 15) is 0 Å². The van der Waals surface area contributed by atoms with Crippen LogP contribution < -0.4 is 5.32 Å². The number of aromatic nitrogens is 2. The number of hydrogen-bond donors (Lipinski definition) is 1. The lowest BCUT2D eigenvalue weighted by Gasteiger charge is -2.43. The average molecular weight is 248 g/mol. The lowest BCUT2D eigenvalue weighted by molar-refractivity contribution is 0.117. The van der Waals surface area contributed by atoms with Crippen molar-refractivity contribution in [3.63, 3.8) is 0 Å². The molecule has 0 amide bonds. The Labute approximate surface area is 110 Å². The van der Waals surface area contributed by atoms with Crippen molar-refractivity contribution in [3.05, 3.63) is 23.8 Å². The number of rotatable bonds is 4. The van der Waals surface area contributed by atoms with Crippen LogP contribution in [-0.2, 0) is 6.54 Å². The number of aryl methyl sites for hydroxylation is 1. The summed E-state index contributed by atoms with van der Waals surface area (Å²) in [6.07, 6.45) is 6.11. The molecule has 0 unspecified atom stereocenters. The Kier molecular flexibility index (Phi) is 4.30. The number of hydrogen-bond acceptors (Lipinski definition) is 4. The molecule has 1 aliphatic heterocycles. The summed E-state index contributed by atoms with van der Waals surface area (Å²) < 4.78 is 0. The lowest BCUT2D eigenvalue weighted by Crippen LogP contribution is -2.59. The standard InChI is InChI=1S/C14H24N4/c1-4-14(5-2)11-18(7-6-17-14)10-13-9-15-12(3)8-16-13/h8-9,17H,4-7,10-11H2,1-3H3. The molecule has 1 N–H and O–H groups in total. The SMILES string of the molecule is CCC1(CC)CN(Cc2cnc(C)cn2)CCN1. The Balaban J connectivity index is 1.99. The Morgan fingerprint density at radius 2 is 2.06 bits per heavy atom. The molecule has 4 heteroatoms. The van der Waals surface area contributed by atoms with Crippen LogP contribution >= 0.6 is 0 Å². The van der Waals surface area contributed by atoms with E-state index in [1.165, 1.54) is 12.8 Å². The highest BCUT2D eigenvalue weighted by molar-refractivity contribution is 5.02. The van der Waals surface area contributed by atoms with Crippen LogP contribution in [0.25, 0.3) is 0 Å². The third-order valence-electron chi connectivity index (χ3n) is 4.03. The second kappa shape index (κ2) is 5.76. The quantitative estimate of drug-likeness (QED) is 0.881. The molecular formula is C14H24N4. The predicted octanol–water partition coefficient (Wildman–Crippen LogP) is 1.75. The fourth-order valence-electron chi connectivity index (χ4n) is 2.63. The van der Waals surface area contributed by atoms with Gasteiger partial charge in [-0.2, -0.15) is 0 Å². The monoisotopic (exact) mass is 248 g/mol. The van der Waals surface area contributed by atoms with Gasteiger partial charge in [0.25, 0.3) is 0 Å². The summed E-state index contributed by atoms with van der Waals surface area (Å²) in [5.41, 5.74) is 2.34. The van der Waals surface area contributed by atoms with Crippen molar-refractivity contribution >= 4 is 0 Å². The van der Waals surface area contributed by atoms with Crippen LogP contribution in [0, 0.1) is 6.92 Å². The molecule has 2 rings (SSSR count). The van der Waals surface area contributed by atoms with E-state index in [0.29, 0.717) is 0 Å². The highest BCUT2D eigenvalue weighted by Gasteiger charge is 2.31. The van der Waals surface area contributed by atoms with Crippen LogP contribution in [0.15, 0.2) is 12.4 Å². The van der Waals surface area contributed by atoms with Crippen molar-refractivity contribution in [1.29, 1.82) is 0 Å². The maximum absolute atomic E-state index is 4.45. The van der Waals surface area contributed by atoms with Gasteiger partial charge >= 0.3 is 0 Å². The molecule has 1 aromatic rings. The molecule has 100 valence electrons. The van der Waals surface area contributed by atoms with Gasteiger partial charge in [0.05, 0.1) is 11.4 Å². The van der Waals surface area contributed by atoms with Gasteiger partial charge in [-0.1, -0.05) is 13.8 Å². The second-order valence-electron chi connectivity index (χ2n) is 5.27. The van der Waals surface area contributed by atoms with Crippen LogP contribution in [0.3, 0.4) is 0 Å². The zero-order chi connectivity index (χ0) is 13.0. The molecule has 18 heavy (non-hydrogen) atoms. The van der Waals surface area contributed by atoms with Gasteiger partial charge in [0, 0.05) is 44.1 Å². The fraction of sp³-hybridized carbons (Fsp3) is 0.714. The molecule has 1 aliphatic rings. The van der Waals surface area contributed by atoms with Crippen molar-refractivity contribution in [2.75, 3.05) is 19.6 Å². The van der Waals surface area contributed by atoms with Gasteiger partial charge < -0.3 is 5.32 Å². The Morgan fingerprint density at radius 1 is 1.28 bits per heavy atom. The fourth-order valence-corrected chi connectivity index (χ4v) is 2.63. The molecule has 1 saturated heterocycles. The summed E-state index contributed by atoms with van der Waals surface area (Å²) >= 11 is 0. The Hall–Kier alpha value is -1.00. The average Bonchev–Trinajstić information content (AvgIpc) is 2.41. The van der Waals surface area contributed by atoms with Crippen molar-refractivity contribution in [3.8, 4) is 0 Å². The normalized spacial score (nSPS) is 19.9. The van der Waals surface area contributed by atoms with Crippen LogP contribution in [0.1, 0.15) is 38.1 Å². The molecule has 1 fully saturated rings. The first-order valence-corrected chi connectivity index (χ1v) is 6.92. The van der Waals surface area contributed by atoms with E-state index in [1.807, 2.05) is 19.3 Å². The van der Waals surface area contributed by atoms with Gasteiger partial charge in [-0.25, -0.2) is 0 Å². The van der Waals surface area contributed by atoms with Gasteiger partial charge in [-0.3, -0.25) is 14.9 Å². The van der Waals surface area contributed by atoms with E-state index >= 15 is 0 Å². The van der Waals surface area contributed by atoms with E-state index in [1.54, 1.807) is 0 Å². The number of piperazine rings is 1. The molecule has 4 nitrogen and oxygen atoms in total. The lowest BCUT2D eigenvalue weighted by atomic mass is 9.90. The summed E-state index contributed by atoms with van der Waals surface area (Å²) in [7, 11) is 0. The van der Waals surface area contributed by atoms with Crippen molar-refractivity contribution in [2.45, 2.75) is 45.7 Å². The Bertz CT molecular complexity index is 370. The number of nitrogens with zero attached hydrogens (tertiary/aromatic N) is 3. The maximum Gasteiger partial charge on any atom is 0.0727 e. The number of nitrogens with one attached hydrogen (secondary N) is 1. The molecule has 0 radical (unpaired) electrons. The van der Waals surface area contributed by atoms with E-state index in [4.69, 9.17) is 0 Å². The third kappa shape index (κ3) is 3.06. The highest BCUT2D eigenvalue weighted by atomic mass is 15.2. The van der Waals surface area contributed by atoms with E-state index in [0.717, 1.165) is 37.6 Å². The minimum atomic E-state index is 0.288. The van der Waals surface area contributed by atoms with Crippen LogP contribution in [-0.4, -0.2) is 40.0 Å². The third-order valence-corrected chi connectivity index (χ3v) is 4.03. The minimum Gasteiger partial charge on any atom is -0.309 e. The summed E-state index contributed by atoms with van der Waals surface area (Å²) in [6, 6.07) is 0. The van der Waals surface area contributed by atoms with Gasteiger partial charge in [0.1, 0.15) is 0 Å². The van der Waals surface area contributed by atoms with Crippen LogP contribution in [0.5, 0.6) is 0 Å². The van der Waals surface area contributed by atoms with Gasteiger partial charge in [-0.15, -0.1) is 0 Å². The predicted molar refractivity (Wildman–Crippen MR) is 73.4 cm³/mol. The zero-order valence-electron chi connectivity index (χ0n) is 11.7. The second-order valence-corrected chi connectivity index (χ2v) is 5.27. The van der Waals surface area contributed by atoms with E-state index in [2.05, 4.69) is 34.0 Å². The first-order valence-electron chi connectivity index (χ1n) is 6.92. The van der Waals surface area contributed by atoms with Crippen LogP contribution in [0.2, 0.25) is 0 Å². The molecular weight excluding hydrogens is 224 g/mol. The molecule has 0 saturated carbocycles.